The highest BCUT2D eigenvalue weighted by atomic mass is 19.4. The molecule has 0 fully saturated rings. The summed E-state index contributed by atoms with van der Waals surface area (Å²) in [5.74, 6) is -1.99. The van der Waals surface area contributed by atoms with Crippen LogP contribution in [0.1, 0.15) is 5.56 Å². The molecule has 4 nitrogen and oxygen atoms in total. The Bertz CT molecular complexity index is 483. The number of hydrogen-bond donors (Lipinski definition) is 1. The van der Waals surface area contributed by atoms with E-state index in [1.807, 2.05) is 0 Å². The topological polar surface area (TPSA) is 55.8 Å². The van der Waals surface area contributed by atoms with Crippen molar-refractivity contribution in [2.45, 2.75) is 11.8 Å². The minimum atomic E-state index is -5.15. The Balaban J connectivity index is 2.64. The predicted octanol–water partition coefficient (Wildman–Crippen LogP) is 1.36. The van der Waals surface area contributed by atoms with E-state index in [1.165, 1.54) is 13.2 Å². The van der Waals surface area contributed by atoms with Gasteiger partial charge in [-0.2, -0.15) is 13.2 Å². The summed E-state index contributed by atoms with van der Waals surface area (Å²) in [7, 11) is 1.26. The molecule has 1 N–H and O–H groups in total. The molecule has 1 aromatic carbocycles. The number of ether oxygens (including phenoxy) is 2. The van der Waals surface area contributed by atoms with Gasteiger partial charge in [-0.25, -0.2) is 4.79 Å². The van der Waals surface area contributed by atoms with Gasteiger partial charge < -0.3 is 14.6 Å². The van der Waals surface area contributed by atoms with Crippen molar-refractivity contribution in [3.05, 3.63) is 23.8 Å². The number of alkyl halides is 3. The number of halogens is 3. The third-order valence-corrected chi connectivity index (χ3v) is 2.48. The van der Waals surface area contributed by atoms with Gasteiger partial charge in [0.25, 0.3) is 5.60 Å². The van der Waals surface area contributed by atoms with Gasteiger partial charge in [0.15, 0.2) is 0 Å². The second kappa shape index (κ2) is 3.36. The van der Waals surface area contributed by atoms with Crippen LogP contribution in [0, 0.1) is 0 Å². The van der Waals surface area contributed by atoms with Crippen LogP contribution in [0.3, 0.4) is 0 Å². The lowest BCUT2D eigenvalue weighted by Crippen LogP contribution is -2.47. The molecule has 0 spiro atoms. The molecule has 0 aromatic heterocycles. The second-order valence-electron chi connectivity index (χ2n) is 3.46. The minimum absolute atomic E-state index is 0.0877. The molecule has 1 aliphatic rings. The van der Waals surface area contributed by atoms with E-state index in [0.717, 1.165) is 12.1 Å². The number of carbonyl (C=O) groups excluding carboxylic acids is 1. The van der Waals surface area contributed by atoms with Crippen molar-refractivity contribution >= 4 is 5.97 Å². The first-order valence-corrected chi connectivity index (χ1v) is 4.50. The first-order chi connectivity index (χ1) is 7.80. The van der Waals surface area contributed by atoms with Gasteiger partial charge in [-0.3, -0.25) is 0 Å². The van der Waals surface area contributed by atoms with Crippen molar-refractivity contribution in [1.29, 1.82) is 0 Å². The predicted molar refractivity (Wildman–Crippen MR) is 48.6 cm³/mol. The summed E-state index contributed by atoms with van der Waals surface area (Å²) < 4.78 is 47.3. The molecule has 0 amide bonds. The van der Waals surface area contributed by atoms with E-state index in [9.17, 15) is 23.1 Å². The summed E-state index contributed by atoms with van der Waals surface area (Å²) in [5.41, 5.74) is -4.29. The van der Waals surface area contributed by atoms with E-state index in [4.69, 9.17) is 4.74 Å². The summed E-state index contributed by atoms with van der Waals surface area (Å²) in [4.78, 5) is 11.2. The second-order valence-corrected chi connectivity index (χ2v) is 3.46. The number of esters is 1. The fraction of sp³-hybridized carbons (Fsp3) is 0.300. The first-order valence-electron chi connectivity index (χ1n) is 4.50. The van der Waals surface area contributed by atoms with Crippen LogP contribution in [0.2, 0.25) is 0 Å². The number of fused-ring (bicyclic) bond motifs is 1. The Hall–Kier alpha value is -1.76. The van der Waals surface area contributed by atoms with Gasteiger partial charge in [-0.15, -0.1) is 0 Å². The number of aliphatic hydroxyl groups is 1. The van der Waals surface area contributed by atoms with E-state index in [0.29, 0.717) is 0 Å². The third-order valence-electron chi connectivity index (χ3n) is 2.48. The average Bonchev–Trinajstić information content (AvgIpc) is 2.51. The molecule has 17 heavy (non-hydrogen) atoms. The van der Waals surface area contributed by atoms with Crippen LogP contribution in [-0.2, 0) is 10.4 Å². The van der Waals surface area contributed by atoms with Crippen LogP contribution in [0.5, 0.6) is 11.5 Å². The molecule has 0 bridgehead atoms. The van der Waals surface area contributed by atoms with Crippen molar-refractivity contribution in [3.8, 4) is 11.5 Å². The van der Waals surface area contributed by atoms with E-state index in [1.54, 1.807) is 0 Å². The molecular formula is C10H7F3O4. The van der Waals surface area contributed by atoms with Crippen LogP contribution in [-0.4, -0.2) is 24.4 Å². The quantitative estimate of drug-likeness (QED) is 0.602. The molecule has 7 heteroatoms. The smallest absolute Gasteiger partial charge is 0.432 e. The zero-order chi connectivity index (χ0) is 12.8. The monoisotopic (exact) mass is 248 g/mol. The number of carbonyl (C=O) groups is 1. The zero-order valence-corrected chi connectivity index (χ0v) is 8.54. The molecule has 1 atom stereocenters. The van der Waals surface area contributed by atoms with E-state index in [-0.39, 0.29) is 11.5 Å². The SMILES string of the molecule is COc1ccc2c(c1)[C@@](O)(C(F)(F)F)C(=O)O2. The van der Waals surface area contributed by atoms with Crippen LogP contribution < -0.4 is 9.47 Å². The summed E-state index contributed by atoms with van der Waals surface area (Å²) in [6, 6.07) is 3.39. The molecule has 0 radical (unpaired) electrons. The Morgan fingerprint density at radius 2 is 2.06 bits per heavy atom. The van der Waals surface area contributed by atoms with Gasteiger partial charge in [0.05, 0.1) is 12.7 Å². The Kier molecular flexibility index (Phi) is 2.32. The van der Waals surface area contributed by atoms with Gasteiger partial charge in [0.1, 0.15) is 11.5 Å². The van der Waals surface area contributed by atoms with E-state index in [2.05, 4.69) is 4.74 Å². The summed E-state index contributed by atoms with van der Waals surface area (Å²) in [6.45, 7) is 0. The van der Waals surface area contributed by atoms with E-state index < -0.39 is 23.3 Å². The summed E-state index contributed by atoms with van der Waals surface area (Å²) >= 11 is 0. The maximum Gasteiger partial charge on any atom is 0.432 e. The molecule has 0 saturated carbocycles. The number of benzene rings is 1. The van der Waals surface area contributed by atoms with Gasteiger partial charge in [-0.05, 0) is 18.2 Å². The Morgan fingerprint density at radius 3 is 2.59 bits per heavy atom. The maximum absolute atomic E-state index is 12.7. The lowest BCUT2D eigenvalue weighted by molar-refractivity contribution is -0.258. The highest BCUT2D eigenvalue weighted by molar-refractivity contribution is 5.89. The molecule has 92 valence electrons. The minimum Gasteiger partial charge on any atom is -0.497 e. The summed E-state index contributed by atoms with van der Waals surface area (Å²) in [6.07, 6.45) is -5.15. The third kappa shape index (κ3) is 1.46. The Morgan fingerprint density at radius 1 is 1.41 bits per heavy atom. The number of hydrogen-bond acceptors (Lipinski definition) is 4. The molecule has 2 rings (SSSR count). The normalized spacial score (nSPS) is 23.2. The maximum atomic E-state index is 12.7. The van der Waals surface area contributed by atoms with Crippen molar-refractivity contribution in [1.82, 2.24) is 0 Å². The highest BCUT2D eigenvalue weighted by Gasteiger charge is 2.66. The van der Waals surface area contributed by atoms with Gasteiger partial charge in [-0.1, -0.05) is 0 Å². The van der Waals surface area contributed by atoms with Crippen LogP contribution in [0.4, 0.5) is 13.2 Å². The van der Waals surface area contributed by atoms with Gasteiger partial charge in [0, 0.05) is 0 Å². The number of rotatable bonds is 1. The molecule has 1 aliphatic heterocycles. The number of methoxy groups -OCH3 is 1. The summed E-state index contributed by atoms with van der Waals surface area (Å²) in [5, 5.41) is 9.51. The molecule has 0 saturated heterocycles. The average molecular weight is 248 g/mol. The highest BCUT2D eigenvalue weighted by Crippen LogP contribution is 2.48. The first kappa shape index (κ1) is 11.7. The molecule has 1 heterocycles. The molecule has 0 unspecified atom stereocenters. The molecule has 1 aromatic rings. The van der Waals surface area contributed by atoms with Crippen molar-refractivity contribution in [3.63, 3.8) is 0 Å². The van der Waals surface area contributed by atoms with Crippen LogP contribution in [0.25, 0.3) is 0 Å². The largest absolute Gasteiger partial charge is 0.497 e. The van der Waals surface area contributed by atoms with Crippen LogP contribution in [0.15, 0.2) is 18.2 Å². The van der Waals surface area contributed by atoms with Crippen molar-refractivity contribution in [2.75, 3.05) is 7.11 Å². The molecular weight excluding hydrogens is 241 g/mol. The van der Waals surface area contributed by atoms with Crippen molar-refractivity contribution < 1.29 is 32.5 Å². The standard InChI is InChI=1S/C10H7F3O4/c1-16-5-2-3-7-6(4-5)9(15,8(14)17-7)10(11,12)13/h2-4,15H,1H3/t9-/m0/s1. The lowest BCUT2D eigenvalue weighted by Gasteiger charge is -2.22. The van der Waals surface area contributed by atoms with E-state index >= 15 is 0 Å². The van der Waals surface area contributed by atoms with Crippen LogP contribution >= 0.6 is 0 Å². The Labute approximate surface area is 93.6 Å². The lowest BCUT2D eigenvalue weighted by atomic mass is 9.94. The molecule has 0 aliphatic carbocycles. The zero-order valence-electron chi connectivity index (χ0n) is 8.54. The fourth-order valence-corrected chi connectivity index (χ4v) is 1.56. The fourth-order valence-electron chi connectivity index (χ4n) is 1.56. The van der Waals surface area contributed by atoms with Gasteiger partial charge >= 0.3 is 12.1 Å². The van der Waals surface area contributed by atoms with Gasteiger partial charge in [0.2, 0.25) is 0 Å². The van der Waals surface area contributed by atoms with Crippen molar-refractivity contribution in [2.24, 2.45) is 0 Å².